The molecule has 1 unspecified atom stereocenters. The molecular weight excluding hydrogens is 376 g/mol. The van der Waals surface area contributed by atoms with E-state index in [0.29, 0.717) is 12.4 Å². The van der Waals surface area contributed by atoms with Gasteiger partial charge in [0, 0.05) is 18.1 Å². The number of halogens is 1. The number of aryl methyl sites for hydroxylation is 1. The summed E-state index contributed by atoms with van der Waals surface area (Å²) in [6.45, 7) is 3.64. The summed E-state index contributed by atoms with van der Waals surface area (Å²) in [4.78, 5) is 0. The quantitative estimate of drug-likeness (QED) is 0.414. The number of hydrogen-bond acceptors (Lipinski definition) is 3. The molecule has 0 N–H and O–H groups in total. The van der Waals surface area contributed by atoms with Crippen molar-refractivity contribution in [1.82, 2.24) is 0 Å². The van der Waals surface area contributed by atoms with Gasteiger partial charge in [0.2, 0.25) is 5.52 Å². The highest BCUT2D eigenvalue weighted by Crippen LogP contribution is 2.44. The van der Waals surface area contributed by atoms with Crippen molar-refractivity contribution in [2.24, 2.45) is 7.05 Å². The third-order valence-corrected chi connectivity index (χ3v) is 3.87. The third-order valence-electron chi connectivity index (χ3n) is 2.60. The zero-order valence-electron chi connectivity index (χ0n) is 11.2. The minimum absolute atomic E-state index is 0. The van der Waals surface area contributed by atoms with Gasteiger partial charge in [0.05, 0.1) is 12.7 Å². The molecule has 0 amide bonds. The van der Waals surface area contributed by atoms with Crippen LogP contribution in [0.3, 0.4) is 0 Å². The van der Waals surface area contributed by atoms with Crippen molar-refractivity contribution < 1.29 is 42.2 Å². The Morgan fingerprint density at radius 2 is 2.05 bits per heavy atom. The summed E-state index contributed by atoms with van der Waals surface area (Å²) >= 11 is 0. The molecule has 1 aromatic heterocycles. The second-order valence-electron chi connectivity index (χ2n) is 4.12. The predicted octanol–water partition coefficient (Wildman–Crippen LogP) is -0.0935. The second kappa shape index (κ2) is 6.68. The van der Waals surface area contributed by atoms with Gasteiger partial charge in [-0.25, -0.2) is 9.13 Å². The van der Waals surface area contributed by atoms with Crippen LogP contribution in [0.25, 0.3) is 10.9 Å². The van der Waals surface area contributed by atoms with Gasteiger partial charge in [-0.05, 0) is 25.1 Å². The van der Waals surface area contributed by atoms with Gasteiger partial charge in [-0.1, -0.05) is 0 Å². The van der Waals surface area contributed by atoms with Gasteiger partial charge >= 0.3 is 7.60 Å². The van der Waals surface area contributed by atoms with Crippen molar-refractivity contribution in [1.29, 1.82) is 0 Å². The first-order chi connectivity index (χ1) is 8.52. The Labute approximate surface area is 130 Å². The smallest absolute Gasteiger partial charge is 0.376 e. The average Bonchev–Trinajstić information content (AvgIpc) is 2.29. The molecule has 0 aliphatic rings. The van der Waals surface area contributed by atoms with Crippen LogP contribution in [0.2, 0.25) is 0 Å². The molecule has 2 rings (SSSR count). The van der Waals surface area contributed by atoms with E-state index in [1.165, 1.54) is 6.66 Å². The van der Waals surface area contributed by atoms with E-state index in [1.807, 2.05) is 42.1 Å². The molecule has 6 heteroatoms. The highest BCUT2D eigenvalue weighted by Gasteiger charge is 2.18. The maximum absolute atomic E-state index is 12.0. The minimum atomic E-state index is -3.02. The SMILES string of the molecule is CCOP(C)(=O)Oc1ccc2ccc[n+](C)c2c1.[I-]. The van der Waals surface area contributed by atoms with Gasteiger partial charge in [0.25, 0.3) is 0 Å². The summed E-state index contributed by atoms with van der Waals surface area (Å²) < 4.78 is 24.5. The molecule has 0 bridgehead atoms. The Balaban J connectivity index is 0.00000180. The first-order valence-electron chi connectivity index (χ1n) is 5.82. The first kappa shape index (κ1) is 16.4. The van der Waals surface area contributed by atoms with Gasteiger partial charge in [0.15, 0.2) is 6.20 Å². The zero-order valence-corrected chi connectivity index (χ0v) is 14.2. The normalized spacial score (nSPS) is 13.6. The van der Waals surface area contributed by atoms with Crippen molar-refractivity contribution >= 4 is 18.5 Å². The third kappa shape index (κ3) is 4.16. The molecule has 2 aromatic rings. The summed E-state index contributed by atoms with van der Waals surface area (Å²) in [5.41, 5.74) is 1.02. The van der Waals surface area contributed by atoms with Crippen LogP contribution in [0.4, 0.5) is 0 Å². The van der Waals surface area contributed by atoms with Crippen molar-refractivity contribution in [3.8, 4) is 5.75 Å². The van der Waals surface area contributed by atoms with Crippen LogP contribution in [0, 0.1) is 0 Å². The predicted molar refractivity (Wildman–Crippen MR) is 70.9 cm³/mol. The standard InChI is InChI=1S/C13H17NO3P.HI/c1-4-16-18(3,15)17-12-8-7-11-6-5-9-14(2)13(11)10-12;/h5-10H,4H2,1-3H3;1H/q+1;/p-1. The van der Waals surface area contributed by atoms with E-state index < -0.39 is 7.60 Å². The monoisotopic (exact) mass is 393 g/mol. The lowest BCUT2D eigenvalue weighted by molar-refractivity contribution is -0.644. The van der Waals surface area contributed by atoms with Crippen molar-refractivity contribution in [2.75, 3.05) is 13.3 Å². The number of fused-ring (bicyclic) bond motifs is 1. The van der Waals surface area contributed by atoms with E-state index in [4.69, 9.17) is 9.05 Å². The number of nitrogens with zero attached hydrogens (tertiary/aromatic N) is 1. The maximum atomic E-state index is 12.0. The van der Waals surface area contributed by atoms with E-state index in [1.54, 1.807) is 13.0 Å². The molecular formula is C13H17INO3P. The van der Waals surface area contributed by atoms with E-state index in [2.05, 4.69) is 0 Å². The van der Waals surface area contributed by atoms with Crippen molar-refractivity contribution in [3.63, 3.8) is 0 Å². The number of rotatable bonds is 4. The Bertz CT molecular complexity index is 618. The summed E-state index contributed by atoms with van der Waals surface area (Å²) in [6, 6.07) is 9.61. The highest BCUT2D eigenvalue weighted by molar-refractivity contribution is 7.53. The van der Waals surface area contributed by atoms with E-state index >= 15 is 0 Å². The number of hydrogen-bond donors (Lipinski definition) is 0. The molecule has 1 atom stereocenters. The fourth-order valence-electron chi connectivity index (χ4n) is 1.84. The average molecular weight is 393 g/mol. The van der Waals surface area contributed by atoms with Crippen LogP contribution in [0.15, 0.2) is 36.5 Å². The largest absolute Gasteiger partial charge is 1.00 e. The molecule has 0 aliphatic heterocycles. The van der Waals surface area contributed by atoms with Crippen molar-refractivity contribution in [2.45, 2.75) is 6.92 Å². The summed E-state index contributed by atoms with van der Waals surface area (Å²) in [5, 5.41) is 1.11. The first-order valence-corrected chi connectivity index (χ1v) is 7.81. The molecule has 0 fully saturated rings. The second-order valence-corrected chi connectivity index (χ2v) is 6.10. The lowest BCUT2D eigenvalue weighted by Crippen LogP contribution is -3.00. The van der Waals surface area contributed by atoms with Crippen LogP contribution in [-0.4, -0.2) is 13.3 Å². The van der Waals surface area contributed by atoms with Crippen LogP contribution >= 0.6 is 7.60 Å². The van der Waals surface area contributed by atoms with Gasteiger partial charge in [-0.15, -0.1) is 0 Å². The van der Waals surface area contributed by atoms with Gasteiger partial charge in [-0.3, -0.25) is 0 Å². The molecule has 0 saturated heterocycles. The topological polar surface area (TPSA) is 39.4 Å². The van der Waals surface area contributed by atoms with Gasteiger partial charge < -0.3 is 33.0 Å². The molecule has 4 nitrogen and oxygen atoms in total. The lowest BCUT2D eigenvalue weighted by atomic mass is 10.2. The molecule has 1 aromatic carbocycles. The molecule has 104 valence electrons. The van der Waals surface area contributed by atoms with Crippen molar-refractivity contribution in [3.05, 3.63) is 36.5 Å². The summed E-state index contributed by atoms with van der Waals surface area (Å²) in [6.07, 6.45) is 1.96. The molecule has 0 radical (unpaired) electrons. The maximum Gasteiger partial charge on any atom is 0.376 e. The number of pyridine rings is 1. The molecule has 0 spiro atoms. The van der Waals surface area contributed by atoms with Gasteiger partial charge in [-0.2, -0.15) is 0 Å². The molecule has 0 aliphatic carbocycles. The number of benzene rings is 1. The summed E-state index contributed by atoms with van der Waals surface area (Å²) in [5.74, 6) is 0.559. The van der Waals surface area contributed by atoms with Crippen LogP contribution < -0.4 is 33.1 Å². The Morgan fingerprint density at radius 3 is 2.74 bits per heavy atom. The fourth-order valence-corrected chi connectivity index (χ4v) is 2.85. The molecule has 1 heterocycles. The van der Waals surface area contributed by atoms with Crippen LogP contribution in [0.1, 0.15) is 6.92 Å². The lowest BCUT2D eigenvalue weighted by Gasteiger charge is -2.13. The Hall–Kier alpha value is -0.650. The zero-order chi connectivity index (χ0) is 13.2. The molecule has 0 saturated carbocycles. The Morgan fingerprint density at radius 1 is 1.32 bits per heavy atom. The van der Waals surface area contributed by atoms with E-state index in [0.717, 1.165) is 10.9 Å². The van der Waals surface area contributed by atoms with E-state index in [-0.39, 0.29) is 24.0 Å². The number of aromatic nitrogens is 1. The van der Waals surface area contributed by atoms with Gasteiger partial charge in [0.1, 0.15) is 12.8 Å². The Kier molecular flexibility index (Phi) is 5.77. The molecule has 19 heavy (non-hydrogen) atoms. The fraction of sp³-hybridized carbons (Fsp3) is 0.308. The summed E-state index contributed by atoms with van der Waals surface area (Å²) in [7, 11) is -1.06. The van der Waals surface area contributed by atoms with Crippen LogP contribution in [0.5, 0.6) is 5.75 Å². The van der Waals surface area contributed by atoms with E-state index in [9.17, 15) is 4.57 Å². The van der Waals surface area contributed by atoms with Crippen LogP contribution in [-0.2, 0) is 16.1 Å². The highest BCUT2D eigenvalue weighted by atomic mass is 127. The minimum Gasteiger partial charge on any atom is -1.00 e.